The molecular formula is C13H22O5. The molecule has 5 heteroatoms. The van der Waals surface area contributed by atoms with E-state index in [4.69, 9.17) is 10.2 Å². The Morgan fingerprint density at radius 1 is 1.11 bits per heavy atom. The van der Waals surface area contributed by atoms with Crippen LogP contribution in [0.4, 0.5) is 0 Å². The first-order valence-corrected chi connectivity index (χ1v) is 6.22. The summed E-state index contributed by atoms with van der Waals surface area (Å²) in [6.07, 6.45) is 4.87. The molecule has 5 nitrogen and oxygen atoms in total. The van der Waals surface area contributed by atoms with Crippen molar-refractivity contribution in [2.45, 2.75) is 51.0 Å². The van der Waals surface area contributed by atoms with Crippen LogP contribution in [0, 0.1) is 5.92 Å². The fraction of sp³-hybridized carbons (Fsp3) is 0.692. The van der Waals surface area contributed by atoms with Gasteiger partial charge in [0.15, 0.2) is 0 Å². The average Bonchev–Trinajstić information content (AvgIpc) is 2.26. The minimum atomic E-state index is -1.31. The van der Waals surface area contributed by atoms with Crippen molar-refractivity contribution in [3.63, 3.8) is 0 Å². The Morgan fingerprint density at radius 3 is 2.22 bits per heavy atom. The number of aliphatic carboxylic acids is 2. The van der Waals surface area contributed by atoms with Crippen molar-refractivity contribution in [1.82, 2.24) is 0 Å². The van der Waals surface area contributed by atoms with Crippen LogP contribution in [-0.2, 0) is 9.59 Å². The van der Waals surface area contributed by atoms with Gasteiger partial charge in [-0.3, -0.25) is 9.59 Å². The zero-order valence-electron chi connectivity index (χ0n) is 10.5. The highest BCUT2D eigenvalue weighted by Crippen LogP contribution is 2.17. The van der Waals surface area contributed by atoms with Gasteiger partial charge in [-0.15, -0.1) is 6.58 Å². The van der Waals surface area contributed by atoms with Gasteiger partial charge in [-0.05, 0) is 19.3 Å². The highest BCUT2D eigenvalue weighted by Gasteiger charge is 2.27. The van der Waals surface area contributed by atoms with Crippen LogP contribution in [0.25, 0.3) is 0 Å². The van der Waals surface area contributed by atoms with Gasteiger partial charge in [-0.2, -0.15) is 0 Å². The molecular weight excluding hydrogens is 236 g/mol. The molecule has 0 aromatic heterocycles. The number of carboxylic acids is 2. The molecule has 0 aromatic rings. The predicted molar refractivity (Wildman–Crippen MR) is 67.3 cm³/mol. The van der Waals surface area contributed by atoms with Crippen LogP contribution in [0.5, 0.6) is 0 Å². The van der Waals surface area contributed by atoms with Crippen LogP contribution in [0.1, 0.15) is 44.9 Å². The number of hydrogen-bond donors (Lipinski definition) is 3. The second-order valence-electron chi connectivity index (χ2n) is 4.39. The lowest BCUT2D eigenvalue weighted by atomic mass is 9.93. The Balaban J connectivity index is 3.93. The standard InChI is InChI=1S/C13H22O5/c1-2-3-4-5-6-7-8-10(13(17)18)11(14)9-12(15)16/h2,10-11,14H,1,3-9H2,(H,15,16)(H,17,18). The summed E-state index contributed by atoms with van der Waals surface area (Å²) < 4.78 is 0. The zero-order valence-corrected chi connectivity index (χ0v) is 10.5. The van der Waals surface area contributed by atoms with Gasteiger partial charge in [0.05, 0.1) is 18.4 Å². The third-order valence-corrected chi connectivity index (χ3v) is 2.84. The summed E-state index contributed by atoms with van der Waals surface area (Å²) in [5.41, 5.74) is 0. The average molecular weight is 258 g/mol. The number of rotatable bonds is 11. The summed E-state index contributed by atoms with van der Waals surface area (Å²) in [5, 5.41) is 27.0. The SMILES string of the molecule is C=CCCCCCCC(C(=O)O)C(O)CC(=O)O. The van der Waals surface area contributed by atoms with E-state index in [-0.39, 0.29) is 0 Å². The van der Waals surface area contributed by atoms with Crippen LogP contribution in [-0.4, -0.2) is 33.4 Å². The molecule has 18 heavy (non-hydrogen) atoms. The second-order valence-corrected chi connectivity index (χ2v) is 4.39. The molecule has 0 saturated carbocycles. The summed E-state index contributed by atoms with van der Waals surface area (Å²) in [4.78, 5) is 21.3. The maximum absolute atomic E-state index is 10.9. The van der Waals surface area contributed by atoms with Gasteiger partial charge in [-0.25, -0.2) is 0 Å². The maximum atomic E-state index is 10.9. The van der Waals surface area contributed by atoms with E-state index in [1.165, 1.54) is 0 Å². The summed E-state index contributed by atoms with van der Waals surface area (Å²) in [6, 6.07) is 0. The van der Waals surface area contributed by atoms with Gasteiger partial charge in [0.25, 0.3) is 0 Å². The Hall–Kier alpha value is -1.36. The van der Waals surface area contributed by atoms with Gasteiger partial charge in [0.1, 0.15) is 0 Å². The molecule has 0 aliphatic heterocycles. The number of hydrogen-bond acceptors (Lipinski definition) is 3. The van der Waals surface area contributed by atoms with Crippen molar-refractivity contribution in [3.8, 4) is 0 Å². The van der Waals surface area contributed by atoms with E-state index in [1.54, 1.807) is 0 Å². The van der Waals surface area contributed by atoms with E-state index in [1.807, 2.05) is 6.08 Å². The monoisotopic (exact) mass is 258 g/mol. The number of aliphatic hydroxyl groups excluding tert-OH is 1. The molecule has 0 spiro atoms. The summed E-state index contributed by atoms with van der Waals surface area (Å²) in [6.45, 7) is 3.61. The lowest BCUT2D eigenvalue weighted by molar-refractivity contribution is -0.148. The predicted octanol–water partition coefficient (Wildman–Crippen LogP) is 2.05. The molecule has 2 atom stereocenters. The van der Waals surface area contributed by atoms with E-state index in [0.29, 0.717) is 12.8 Å². The molecule has 0 radical (unpaired) electrons. The second kappa shape index (κ2) is 9.65. The lowest BCUT2D eigenvalue weighted by Crippen LogP contribution is -2.30. The molecule has 0 fully saturated rings. The van der Waals surface area contributed by atoms with E-state index in [2.05, 4.69) is 6.58 Å². The zero-order chi connectivity index (χ0) is 14.0. The van der Waals surface area contributed by atoms with Crippen molar-refractivity contribution >= 4 is 11.9 Å². The van der Waals surface area contributed by atoms with Crippen molar-refractivity contribution < 1.29 is 24.9 Å². The van der Waals surface area contributed by atoms with Crippen LogP contribution in [0.3, 0.4) is 0 Å². The van der Waals surface area contributed by atoms with E-state index >= 15 is 0 Å². The normalized spacial score (nSPS) is 13.8. The summed E-state index contributed by atoms with van der Waals surface area (Å²) >= 11 is 0. The molecule has 0 rings (SSSR count). The number of carboxylic acid groups (broad SMARTS) is 2. The number of unbranched alkanes of at least 4 members (excludes halogenated alkanes) is 4. The van der Waals surface area contributed by atoms with Crippen molar-refractivity contribution in [2.24, 2.45) is 5.92 Å². The molecule has 0 heterocycles. The van der Waals surface area contributed by atoms with Crippen LogP contribution >= 0.6 is 0 Å². The van der Waals surface area contributed by atoms with Crippen molar-refractivity contribution in [2.75, 3.05) is 0 Å². The minimum absolute atomic E-state index is 0.317. The summed E-state index contributed by atoms with van der Waals surface area (Å²) in [5.74, 6) is -3.30. The molecule has 2 unspecified atom stereocenters. The van der Waals surface area contributed by atoms with E-state index < -0.39 is 30.4 Å². The molecule has 104 valence electrons. The van der Waals surface area contributed by atoms with E-state index in [9.17, 15) is 14.7 Å². The first-order chi connectivity index (χ1) is 8.49. The molecule has 0 saturated heterocycles. The fourth-order valence-corrected chi connectivity index (χ4v) is 1.81. The largest absolute Gasteiger partial charge is 0.481 e. The molecule has 0 aliphatic rings. The lowest BCUT2D eigenvalue weighted by Gasteiger charge is -2.17. The first-order valence-electron chi connectivity index (χ1n) is 6.22. The van der Waals surface area contributed by atoms with Gasteiger partial charge in [0, 0.05) is 0 Å². The molecule has 0 aromatic carbocycles. The Kier molecular flexibility index (Phi) is 8.92. The van der Waals surface area contributed by atoms with Gasteiger partial charge in [0.2, 0.25) is 0 Å². The highest BCUT2D eigenvalue weighted by molar-refractivity contribution is 5.73. The van der Waals surface area contributed by atoms with Crippen molar-refractivity contribution in [1.29, 1.82) is 0 Å². The smallest absolute Gasteiger partial charge is 0.309 e. The topological polar surface area (TPSA) is 94.8 Å². The summed E-state index contributed by atoms with van der Waals surface area (Å²) in [7, 11) is 0. The van der Waals surface area contributed by atoms with Crippen molar-refractivity contribution in [3.05, 3.63) is 12.7 Å². The molecule has 0 aliphatic carbocycles. The fourth-order valence-electron chi connectivity index (χ4n) is 1.81. The Morgan fingerprint density at radius 2 is 1.72 bits per heavy atom. The molecule has 0 amide bonds. The highest BCUT2D eigenvalue weighted by atomic mass is 16.4. The molecule has 0 bridgehead atoms. The quantitative estimate of drug-likeness (QED) is 0.389. The number of aliphatic hydroxyl groups is 1. The first kappa shape index (κ1) is 16.6. The number of allylic oxidation sites excluding steroid dienone is 1. The minimum Gasteiger partial charge on any atom is -0.481 e. The maximum Gasteiger partial charge on any atom is 0.309 e. The van der Waals surface area contributed by atoms with Crippen LogP contribution in [0.2, 0.25) is 0 Å². The van der Waals surface area contributed by atoms with Gasteiger partial charge >= 0.3 is 11.9 Å². The van der Waals surface area contributed by atoms with Gasteiger partial charge < -0.3 is 15.3 Å². The third kappa shape index (κ3) is 7.84. The Bertz CT molecular complexity index is 275. The third-order valence-electron chi connectivity index (χ3n) is 2.84. The van der Waals surface area contributed by atoms with E-state index in [0.717, 1.165) is 25.7 Å². The number of carbonyl (C=O) groups is 2. The molecule has 3 N–H and O–H groups in total. The van der Waals surface area contributed by atoms with Gasteiger partial charge in [-0.1, -0.05) is 25.3 Å². The van der Waals surface area contributed by atoms with Crippen LogP contribution < -0.4 is 0 Å². The van der Waals surface area contributed by atoms with Crippen LogP contribution in [0.15, 0.2) is 12.7 Å². The Labute approximate surface area is 107 Å².